The van der Waals surface area contributed by atoms with Crippen molar-refractivity contribution in [1.82, 2.24) is 15.0 Å². The molecule has 0 radical (unpaired) electrons. The van der Waals surface area contributed by atoms with Crippen molar-refractivity contribution in [3.05, 3.63) is 29.6 Å². The number of rotatable bonds is 4. The average Bonchev–Trinajstić information content (AvgIpc) is 3.01. The minimum absolute atomic E-state index is 0.0742. The Labute approximate surface area is 165 Å². The highest BCUT2D eigenvalue weighted by Crippen LogP contribution is 2.35. The molecule has 2 amide bonds. The molecule has 1 aromatic heterocycles. The van der Waals surface area contributed by atoms with Crippen LogP contribution >= 0.6 is 0 Å². The summed E-state index contributed by atoms with van der Waals surface area (Å²) in [5.74, 6) is 2.29. The van der Waals surface area contributed by atoms with Gasteiger partial charge in [-0.25, -0.2) is 4.79 Å². The van der Waals surface area contributed by atoms with Gasteiger partial charge in [0, 0.05) is 36.7 Å². The van der Waals surface area contributed by atoms with Crippen molar-refractivity contribution in [3.63, 3.8) is 0 Å². The minimum Gasteiger partial charge on any atom is -0.379 e. The molecular weight excluding hydrogens is 356 g/mol. The van der Waals surface area contributed by atoms with Crippen LogP contribution in [0.1, 0.15) is 37.6 Å². The predicted molar refractivity (Wildman–Crippen MR) is 106 cm³/mol. The van der Waals surface area contributed by atoms with E-state index in [1.165, 1.54) is 19.3 Å². The number of hydrogen-bond acceptors (Lipinski definition) is 5. The quantitative estimate of drug-likeness (QED) is 0.865. The van der Waals surface area contributed by atoms with Crippen LogP contribution in [0.2, 0.25) is 0 Å². The lowest BCUT2D eigenvalue weighted by molar-refractivity contribution is 0.0776. The van der Waals surface area contributed by atoms with E-state index in [1.807, 2.05) is 36.9 Å². The van der Waals surface area contributed by atoms with Crippen LogP contribution in [0.4, 0.5) is 10.5 Å². The molecule has 1 saturated heterocycles. The van der Waals surface area contributed by atoms with Gasteiger partial charge in [0.2, 0.25) is 0 Å². The van der Waals surface area contributed by atoms with Gasteiger partial charge in [0.15, 0.2) is 5.82 Å². The van der Waals surface area contributed by atoms with Gasteiger partial charge in [0.1, 0.15) is 0 Å². The van der Waals surface area contributed by atoms with Crippen LogP contribution < -0.4 is 5.32 Å². The number of nitrogens with one attached hydrogen (secondary N) is 1. The molecule has 4 rings (SSSR count). The van der Waals surface area contributed by atoms with Crippen LogP contribution in [0, 0.1) is 18.8 Å². The molecule has 7 heteroatoms. The van der Waals surface area contributed by atoms with Gasteiger partial charge in [0.25, 0.3) is 5.89 Å². The highest BCUT2D eigenvalue weighted by molar-refractivity contribution is 5.91. The first-order valence-corrected chi connectivity index (χ1v) is 10.2. The van der Waals surface area contributed by atoms with Gasteiger partial charge in [-0.15, -0.1) is 0 Å². The van der Waals surface area contributed by atoms with Crippen molar-refractivity contribution in [3.8, 4) is 11.5 Å². The SMILES string of the molecule is CCc1noc(-c2ccc(C)c(NC(=O)N3CCOC[C@H](C4CCC4)C3)c2)n1. The van der Waals surface area contributed by atoms with E-state index in [1.54, 1.807) is 0 Å². The number of aromatic nitrogens is 2. The number of carbonyl (C=O) groups is 1. The van der Waals surface area contributed by atoms with Crippen molar-refractivity contribution < 1.29 is 14.1 Å². The topological polar surface area (TPSA) is 80.5 Å². The molecular formula is C21H28N4O3. The average molecular weight is 384 g/mol. The standard InChI is InChI=1S/C21H28N4O3/c1-3-19-23-20(28-24-19)16-8-7-14(2)18(11-16)22-21(26)25-9-10-27-13-17(12-25)15-5-4-6-15/h7-8,11,15,17H,3-6,9-10,12-13H2,1-2H3,(H,22,26)/t17-/m1/s1. The second-order valence-electron chi connectivity index (χ2n) is 7.80. The molecule has 0 spiro atoms. The fraction of sp³-hybridized carbons (Fsp3) is 0.571. The van der Waals surface area contributed by atoms with Gasteiger partial charge in [-0.05, 0) is 30.5 Å². The van der Waals surface area contributed by atoms with Gasteiger partial charge in [-0.3, -0.25) is 0 Å². The van der Waals surface area contributed by atoms with Crippen molar-refractivity contribution in [2.24, 2.45) is 11.8 Å². The van der Waals surface area contributed by atoms with Crippen molar-refractivity contribution in [1.29, 1.82) is 0 Å². The van der Waals surface area contributed by atoms with Gasteiger partial charge in [-0.1, -0.05) is 37.4 Å². The Morgan fingerprint density at radius 2 is 2.18 bits per heavy atom. The molecule has 1 aliphatic carbocycles. The molecule has 2 aliphatic rings. The lowest BCUT2D eigenvalue weighted by Crippen LogP contribution is -2.41. The smallest absolute Gasteiger partial charge is 0.321 e. The minimum atomic E-state index is -0.0742. The Morgan fingerprint density at radius 1 is 1.32 bits per heavy atom. The number of anilines is 1. The van der Waals surface area contributed by atoms with Gasteiger partial charge in [0.05, 0.1) is 13.2 Å². The maximum absolute atomic E-state index is 13.0. The molecule has 1 aliphatic heterocycles. The molecule has 7 nitrogen and oxygen atoms in total. The van der Waals surface area contributed by atoms with Crippen molar-refractivity contribution >= 4 is 11.7 Å². The van der Waals surface area contributed by atoms with E-state index < -0.39 is 0 Å². The molecule has 0 unspecified atom stereocenters. The third-order valence-electron chi connectivity index (χ3n) is 5.91. The first-order valence-electron chi connectivity index (χ1n) is 10.2. The van der Waals surface area contributed by atoms with E-state index in [-0.39, 0.29) is 6.03 Å². The monoisotopic (exact) mass is 384 g/mol. The lowest BCUT2D eigenvalue weighted by Gasteiger charge is -2.34. The highest BCUT2D eigenvalue weighted by atomic mass is 16.5. The van der Waals surface area contributed by atoms with Gasteiger partial charge >= 0.3 is 6.03 Å². The summed E-state index contributed by atoms with van der Waals surface area (Å²) in [6.07, 6.45) is 4.54. The zero-order chi connectivity index (χ0) is 19.5. The first kappa shape index (κ1) is 18.9. The van der Waals surface area contributed by atoms with Crippen LogP contribution in [0.25, 0.3) is 11.5 Å². The fourth-order valence-electron chi connectivity index (χ4n) is 3.82. The van der Waals surface area contributed by atoms with Crippen molar-refractivity contribution in [2.75, 3.05) is 31.6 Å². The Balaban J connectivity index is 1.47. The number of hydrogen-bond donors (Lipinski definition) is 1. The number of ether oxygens (including phenoxy) is 1. The van der Waals surface area contributed by atoms with E-state index in [4.69, 9.17) is 9.26 Å². The van der Waals surface area contributed by atoms with E-state index >= 15 is 0 Å². The lowest BCUT2D eigenvalue weighted by atomic mass is 9.76. The first-order chi connectivity index (χ1) is 13.6. The second-order valence-corrected chi connectivity index (χ2v) is 7.80. The van der Waals surface area contributed by atoms with Crippen LogP contribution in [0.5, 0.6) is 0 Å². The molecule has 0 bridgehead atoms. The number of aryl methyl sites for hydroxylation is 2. The number of amides is 2. The molecule has 28 heavy (non-hydrogen) atoms. The third kappa shape index (κ3) is 4.04. The Kier molecular flexibility index (Phi) is 5.62. The predicted octanol–water partition coefficient (Wildman–Crippen LogP) is 3.89. The summed E-state index contributed by atoms with van der Waals surface area (Å²) in [5.41, 5.74) is 2.57. The van der Waals surface area contributed by atoms with Crippen LogP contribution in [-0.2, 0) is 11.2 Å². The summed E-state index contributed by atoms with van der Waals surface area (Å²) in [6, 6.07) is 5.72. The maximum atomic E-state index is 13.0. The molecule has 150 valence electrons. The molecule has 1 N–H and O–H groups in total. The second kappa shape index (κ2) is 8.31. The van der Waals surface area contributed by atoms with Gasteiger partial charge < -0.3 is 19.5 Å². The Morgan fingerprint density at radius 3 is 2.89 bits per heavy atom. The van der Waals surface area contributed by atoms with E-state index in [0.29, 0.717) is 36.7 Å². The summed E-state index contributed by atoms with van der Waals surface area (Å²) in [7, 11) is 0. The highest BCUT2D eigenvalue weighted by Gasteiger charge is 2.32. The van der Waals surface area contributed by atoms with E-state index in [2.05, 4.69) is 15.5 Å². The number of urea groups is 1. The fourth-order valence-corrected chi connectivity index (χ4v) is 3.82. The zero-order valence-corrected chi connectivity index (χ0v) is 16.6. The Hall–Kier alpha value is -2.41. The van der Waals surface area contributed by atoms with Crippen LogP contribution in [-0.4, -0.2) is 47.4 Å². The summed E-state index contributed by atoms with van der Waals surface area (Å²) in [4.78, 5) is 19.2. The molecule has 2 fully saturated rings. The number of benzene rings is 1. The van der Waals surface area contributed by atoms with E-state index in [9.17, 15) is 4.79 Å². The van der Waals surface area contributed by atoms with Crippen molar-refractivity contribution in [2.45, 2.75) is 39.5 Å². The molecule has 2 heterocycles. The largest absolute Gasteiger partial charge is 0.379 e. The number of carbonyl (C=O) groups excluding carboxylic acids is 1. The molecule has 1 saturated carbocycles. The normalized spacial score (nSPS) is 20.5. The summed E-state index contributed by atoms with van der Waals surface area (Å²) in [6.45, 7) is 6.71. The van der Waals surface area contributed by atoms with Gasteiger partial charge in [-0.2, -0.15) is 4.98 Å². The summed E-state index contributed by atoms with van der Waals surface area (Å²) < 4.78 is 11.1. The third-order valence-corrected chi connectivity index (χ3v) is 5.91. The summed E-state index contributed by atoms with van der Waals surface area (Å²) >= 11 is 0. The summed E-state index contributed by atoms with van der Waals surface area (Å²) in [5, 5.41) is 7.03. The van der Waals surface area contributed by atoms with Crippen LogP contribution in [0.15, 0.2) is 22.7 Å². The van der Waals surface area contributed by atoms with E-state index in [0.717, 1.165) is 36.4 Å². The number of nitrogens with zero attached hydrogens (tertiary/aromatic N) is 3. The molecule has 1 atom stereocenters. The zero-order valence-electron chi connectivity index (χ0n) is 16.6. The van der Waals surface area contributed by atoms with Crippen LogP contribution in [0.3, 0.4) is 0 Å². The molecule has 1 aromatic carbocycles. The molecule has 2 aromatic rings. The Bertz CT molecular complexity index is 831. The maximum Gasteiger partial charge on any atom is 0.321 e.